The molecular formula is C13H22N4O. The van der Waals surface area contributed by atoms with Crippen LogP contribution in [0.3, 0.4) is 0 Å². The number of nitrogens with zero attached hydrogens (tertiary/aromatic N) is 4. The lowest BCUT2D eigenvalue weighted by molar-refractivity contribution is 0.196. The molecule has 2 aliphatic heterocycles. The second-order valence-corrected chi connectivity index (χ2v) is 5.75. The monoisotopic (exact) mass is 250 g/mol. The third-order valence-corrected chi connectivity index (χ3v) is 4.43. The summed E-state index contributed by atoms with van der Waals surface area (Å²) >= 11 is 0. The number of aromatic nitrogens is 3. The van der Waals surface area contributed by atoms with Gasteiger partial charge in [-0.05, 0) is 45.3 Å². The highest BCUT2D eigenvalue weighted by Crippen LogP contribution is 2.29. The lowest BCUT2D eigenvalue weighted by Crippen LogP contribution is -2.31. The highest BCUT2D eigenvalue weighted by atomic mass is 16.3. The molecule has 5 heteroatoms. The second kappa shape index (κ2) is 4.97. The molecule has 1 unspecified atom stereocenters. The van der Waals surface area contributed by atoms with Crippen LogP contribution in [0.15, 0.2) is 0 Å². The first kappa shape index (κ1) is 12.1. The molecule has 3 rings (SSSR count). The summed E-state index contributed by atoms with van der Waals surface area (Å²) in [6.07, 6.45) is 4.33. The Morgan fingerprint density at radius 1 is 1.17 bits per heavy atom. The Balaban J connectivity index is 1.76. The Hall–Kier alpha value is -0.940. The fraction of sp³-hybridized carbons (Fsp3) is 0.846. The molecule has 1 atom stereocenters. The maximum Gasteiger partial charge on any atom is 0.136 e. The molecule has 0 bridgehead atoms. The number of rotatable bonds is 2. The molecule has 1 fully saturated rings. The van der Waals surface area contributed by atoms with Crippen molar-refractivity contribution in [2.75, 3.05) is 26.7 Å². The Morgan fingerprint density at radius 3 is 2.67 bits per heavy atom. The molecule has 0 aliphatic carbocycles. The van der Waals surface area contributed by atoms with Crippen LogP contribution in [-0.4, -0.2) is 51.5 Å². The zero-order valence-electron chi connectivity index (χ0n) is 11.0. The Bertz CT molecular complexity index is 409. The van der Waals surface area contributed by atoms with Crippen molar-refractivity contribution >= 4 is 0 Å². The van der Waals surface area contributed by atoms with Gasteiger partial charge in [-0.1, -0.05) is 0 Å². The van der Waals surface area contributed by atoms with Gasteiger partial charge in [0.2, 0.25) is 0 Å². The molecule has 1 N–H and O–H groups in total. The topological polar surface area (TPSA) is 54.2 Å². The molecule has 100 valence electrons. The van der Waals surface area contributed by atoms with Crippen molar-refractivity contribution in [2.24, 2.45) is 5.92 Å². The summed E-state index contributed by atoms with van der Waals surface area (Å²) in [5, 5.41) is 18.0. The number of fused-ring (bicyclic) bond motifs is 1. The highest BCUT2D eigenvalue weighted by molar-refractivity contribution is 5.06. The van der Waals surface area contributed by atoms with E-state index in [2.05, 4.69) is 26.7 Å². The van der Waals surface area contributed by atoms with E-state index in [4.69, 9.17) is 0 Å². The number of aliphatic hydroxyl groups is 1. The third-order valence-electron chi connectivity index (χ3n) is 4.43. The fourth-order valence-electron chi connectivity index (χ4n) is 3.14. The van der Waals surface area contributed by atoms with Crippen molar-refractivity contribution in [3.05, 3.63) is 11.6 Å². The molecular weight excluding hydrogens is 228 g/mol. The maximum absolute atomic E-state index is 9.24. The molecule has 0 amide bonds. The van der Waals surface area contributed by atoms with Gasteiger partial charge in [-0.15, -0.1) is 10.2 Å². The van der Waals surface area contributed by atoms with Gasteiger partial charge in [0.25, 0.3) is 0 Å². The number of aliphatic hydroxyl groups excluding tert-OH is 1. The van der Waals surface area contributed by atoms with Crippen LogP contribution in [-0.2, 0) is 13.0 Å². The first-order chi connectivity index (χ1) is 8.78. The van der Waals surface area contributed by atoms with Gasteiger partial charge in [-0.25, -0.2) is 0 Å². The van der Waals surface area contributed by atoms with E-state index >= 15 is 0 Å². The SMILES string of the molecule is CN1CCC(c2nnc3n2CCC(CO)C3)CC1. The van der Waals surface area contributed by atoms with E-state index in [9.17, 15) is 5.11 Å². The summed E-state index contributed by atoms with van der Waals surface area (Å²) in [5.41, 5.74) is 0. The molecule has 1 aromatic heterocycles. The van der Waals surface area contributed by atoms with E-state index in [0.29, 0.717) is 11.8 Å². The maximum atomic E-state index is 9.24. The van der Waals surface area contributed by atoms with Gasteiger partial charge >= 0.3 is 0 Å². The molecule has 0 spiro atoms. The zero-order chi connectivity index (χ0) is 12.5. The Morgan fingerprint density at radius 2 is 1.94 bits per heavy atom. The van der Waals surface area contributed by atoms with E-state index < -0.39 is 0 Å². The summed E-state index contributed by atoms with van der Waals surface area (Å²) in [6.45, 7) is 3.57. The predicted octanol–water partition coefficient (Wildman–Crippen LogP) is 0.642. The van der Waals surface area contributed by atoms with Crippen LogP contribution in [0.4, 0.5) is 0 Å². The molecule has 2 aliphatic rings. The van der Waals surface area contributed by atoms with Crippen molar-refractivity contribution in [1.29, 1.82) is 0 Å². The normalized spacial score (nSPS) is 26.2. The second-order valence-electron chi connectivity index (χ2n) is 5.75. The lowest BCUT2D eigenvalue weighted by Gasteiger charge is -2.30. The van der Waals surface area contributed by atoms with Crippen molar-refractivity contribution < 1.29 is 5.11 Å². The summed E-state index contributed by atoms with van der Waals surface area (Å²) in [6, 6.07) is 0. The minimum atomic E-state index is 0.274. The van der Waals surface area contributed by atoms with Gasteiger partial charge in [0.05, 0.1) is 0 Å². The van der Waals surface area contributed by atoms with E-state index in [-0.39, 0.29) is 6.61 Å². The van der Waals surface area contributed by atoms with Crippen LogP contribution in [0.5, 0.6) is 0 Å². The van der Waals surface area contributed by atoms with E-state index in [1.807, 2.05) is 0 Å². The summed E-state index contributed by atoms with van der Waals surface area (Å²) < 4.78 is 2.31. The average molecular weight is 250 g/mol. The molecule has 0 saturated carbocycles. The van der Waals surface area contributed by atoms with Gasteiger partial charge in [-0.3, -0.25) is 0 Å². The number of hydrogen-bond donors (Lipinski definition) is 1. The highest BCUT2D eigenvalue weighted by Gasteiger charge is 2.28. The van der Waals surface area contributed by atoms with E-state index in [1.165, 1.54) is 18.7 Å². The fourth-order valence-corrected chi connectivity index (χ4v) is 3.14. The summed E-state index contributed by atoms with van der Waals surface area (Å²) in [4.78, 5) is 2.38. The Kier molecular flexibility index (Phi) is 3.35. The van der Waals surface area contributed by atoms with Crippen LogP contribution in [0.25, 0.3) is 0 Å². The number of hydrogen-bond acceptors (Lipinski definition) is 4. The van der Waals surface area contributed by atoms with Gasteiger partial charge in [0, 0.05) is 25.5 Å². The van der Waals surface area contributed by atoms with Gasteiger partial charge in [0.1, 0.15) is 11.6 Å². The van der Waals surface area contributed by atoms with Gasteiger partial charge < -0.3 is 14.6 Å². The first-order valence-electron chi connectivity index (χ1n) is 6.99. The van der Waals surface area contributed by atoms with E-state index in [0.717, 1.165) is 38.3 Å². The number of piperidine rings is 1. The lowest BCUT2D eigenvalue weighted by atomic mass is 9.94. The molecule has 0 radical (unpaired) electrons. The standard InChI is InChI=1S/C13H22N4O/c1-16-5-3-11(4-6-16)13-15-14-12-8-10(9-18)2-7-17(12)13/h10-11,18H,2-9H2,1H3. The molecule has 1 aromatic rings. The largest absolute Gasteiger partial charge is 0.396 e. The van der Waals surface area contributed by atoms with Crippen LogP contribution < -0.4 is 0 Å². The van der Waals surface area contributed by atoms with Crippen molar-refractivity contribution in [1.82, 2.24) is 19.7 Å². The molecule has 0 aromatic carbocycles. The molecule has 3 heterocycles. The zero-order valence-corrected chi connectivity index (χ0v) is 11.0. The van der Waals surface area contributed by atoms with Crippen molar-refractivity contribution in [2.45, 2.75) is 38.1 Å². The van der Waals surface area contributed by atoms with E-state index in [1.54, 1.807) is 0 Å². The Labute approximate surface area is 108 Å². The summed E-state index contributed by atoms with van der Waals surface area (Å²) in [7, 11) is 2.18. The van der Waals surface area contributed by atoms with Crippen molar-refractivity contribution in [3.8, 4) is 0 Å². The number of likely N-dealkylation sites (tertiary alicyclic amines) is 1. The minimum Gasteiger partial charge on any atom is -0.396 e. The molecule has 1 saturated heterocycles. The van der Waals surface area contributed by atoms with Crippen LogP contribution >= 0.6 is 0 Å². The average Bonchev–Trinajstić information content (AvgIpc) is 2.82. The summed E-state index contributed by atoms with van der Waals surface area (Å²) in [5.74, 6) is 3.23. The van der Waals surface area contributed by atoms with Gasteiger partial charge in [0.15, 0.2) is 0 Å². The third kappa shape index (κ3) is 2.17. The van der Waals surface area contributed by atoms with Crippen LogP contribution in [0.1, 0.15) is 36.8 Å². The van der Waals surface area contributed by atoms with Gasteiger partial charge in [-0.2, -0.15) is 0 Å². The molecule has 18 heavy (non-hydrogen) atoms. The predicted molar refractivity (Wildman–Crippen MR) is 68.4 cm³/mol. The quantitative estimate of drug-likeness (QED) is 0.837. The molecule has 5 nitrogen and oxygen atoms in total. The van der Waals surface area contributed by atoms with Crippen LogP contribution in [0.2, 0.25) is 0 Å². The van der Waals surface area contributed by atoms with Crippen LogP contribution in [0, 0.1) is 5.92 Å². The smallest absolute Gasteiger partial charge is 0.136 e. The first-order valence-corrected chi connectivity index (χ1v) is 6.99. The minimum absolute atomic E-state index is 0.274. The van der Waals surface area contributed by atoms with Crippen molar-refractivity contribution in [3.63, 3.8) is 0 Å².